The molecule has 0 spiro atoms. The molecule has 2 rings (SSSR count). The van der Waals surface area contributed by atoms with Gasteiger partial charge in [0.25, 0.3) is 5.91 Å². The highest BCUT2D eigenvalue weighted by Crippen LogP contribution is 2.21. The van der Waals surface area contributed by atoms with Crippen LogP contribution in [0.25, 0.3) is 11.0 Å². The second-order valence-corrected chi connectivity index (χ2v) is 3.00. The Morgan fingerprint density at radius 1 is 1.53 bits per heavy atom. The summed E-state index contributed by atoms with van der Waals surface area (Å²) in [6.45, 7) is 0. The largest absolute Gasteiger partial charge is 0.365 e. The van der Waals surface area contributed by atoms with Gasteiger partial charge in [0.2, 0.25) is 6.29 Å². The van der Waals surface area contributed by atoms with Gasteiger partial charge < -0.3 is 10.3 Å². The second-order valence-electron chi connectivity index (χ2n) is 3.00. The number of rotatable bonds is 3. The number of hydrogen-bond acceptors (Lipinski definition) is 4. The normalized spacial score (nSPS) is 10.4. The third kappa shape index (κ3) is 1.48. The molecule has 0 aliphatic rings. The molecule has 5 heteroatoms. The van der Waals surface area contributed by atoms with Gasteiger partial charge in [-0.25, -0.2) is 0 Å². The zero-order chi connectivity index (χ0) is 10.8. The number of nitrogens with two attached hydrogens (primary N) is 1. The molecule has 2 aromatic rings. The van der Waals surface area contributed by atoms with Crippen molar-refractivity contribution in [3.63, 3.8) is 0 Å². The van der Waals surface area contributed by atoms with E-state index in [-0.39, 0.29) is 12.0 Å². The van der Waals surface area contributed by atoms with Gasteiger partial charge in [-0.15, -0.1) is 0 Å². The van der Waals surface area contributed by atoms with Gasteiger partial charge >= 0.3 is 0 Å². The predicted octanol–water partition coefficient (Wildman–Crippen LogP) is 0.579. The van der Waals surface area contributed by atoms with Crippen molar-refractivity contribution < 1.29 is 14.1 Å². The number of benzene rings is 1. The summed E-state index contributed by atoms with van der Waals surface area (Å²) < 4.78 is 4.96. The molecule has 1 aromatic heterocycles. The minimum Gasteiger partial charge on any atom is -0.365 e. The SMILES string of the molecule is NC(=O)c1cccc2c(C[C]=O)noc12. The van der Waals surface area contributed by atoms with E-state index < -0.39 is 5.91 Å². The van der Waals surface area contributed by atoms with Gasteiger partial charge in [-0.2, -0.15) is 0 Å². The first-order valence-electron chi connectivity index (χ1n) is 4.26. The summed E-state index contributed by atoms with van der Waals surface area (Å²) in [5, 5.41) is 4.30. The van der Waals surface area contributed by atoms with Gasteiger partial charge in [-0.1, -0.05) is 11.2 Å². The van der Waals surface area contributed by atoms with Crippen molar-refractivity contribution in [3.8, 4) is 0 Å². The predicted molar refractivity (Wildman–Crippen MR) is 51.9 cm³/mol. The van der Waals surface area contributed by atoms with Crippen molar-refractivity contribution in [2.75, 3.05) is 0 Å². The molecule has 75 valence electrons. The number of carbonyl (C=O) groups excluding carboxylic acids is 2. The highest BCUT2D eigenvalue weighted by Gasteiger charge is 2.14. The van der Waals surface area contributed by atoms with Crippen LogP contribution < -0.4 is 5.73 Å². The van der Waals surface area contributed by atoms with Crippen LogP contribution in [0.5, 0.6) is 0 Å². The third-order valence-electron chi connectivity index (χ3n) is 2.08. The lowest BCUT2D eigenvalue weighted by atomic mass is 10.1. The van der Waals surface area contributed by atoms with Crippen LogP contribution in [0.15, 0.2) is 22.7 Å². The molecule has 5 nitrogen and oxygen atoms in total. The molecule has 0 fully saturated rings. The van der Waals surface area contributed by atoms with Crippen molar-refractivity contribution >= 4 is 23.2 Å². The Hall–Kier alpha value is -2.17. The van der Waals surface area contributed by atoms with Crippen LogP contribution in [-0.4, -0.2) is 17.4 Å². The van der Waals surface area contributed by atoms with E-state index in [0.717, 1.165) is 0 Å². The summed E-state index contributed by atoms with van der Waals surface area (Å²) in [5.41, 5.74) is 6.20. The van der Waals surface area contributed by atoms with E-state index in [1.165, 1.54) is 0 Å². The van der Waals surface area contributed by atoms with Gasteiger partial charge in [0.1, 0.15) is 0 Å². The molecule has 1 radical (unpaired) electrons. The molecule has 1 amide bonds. The van der Waals surface area contributed by atoms with Crippen molar-refractivity contribution in [2.24, 2.45) is 5.73 Å². The highest BCUT2D eigenvalue weighted by atomic mass is 16.5. The molecular formula is C10H7N2O3. The first-order chi connectivity index (χ1) is 7.24. The maximum atomic E-state index is 11.0. The zero-order valence-electron chi connectivity index (χ0n) is 7.69. The van der Waals surface area contributed by atoms with E-state index in [1.54, 1.807) is 24.5 Å². The van der Waals surface area contributed by atoms with Crippen LogP contribution in [-0.2, 0) is 11.2 Å². The van der Waals surface area contributed by atoms with Crippen LogP contribution in [0, 0.1) is 0 Å². The maximum absolute atomic E-state index is 11.0. The average molecular weight is 203 g/mol. The van der Waals surface area contributed by atoms with Gasteiger partial charge in [0.15, 0.2) is 5.58 Å². The van der Waals surface area contributed by atoms with E-state index in [9.17, 15) is 9.59 Å². The van der Waals surface area contributed by atoms with Gasteiger partial charge in [0, 0.05) is 5.39 Å². The Morgan fingerprint density at radius 3 is 3.00 bits per heavy atom. The van der Waals surface area contributed by atoms with Crippen molar-refractivity contribution in [2.45, 2.75) is 6.42 Å². The minimum absolute atomic E-state index is 0.0369. The van der Waals surface area contributed by atoms with E-state index in [0.29, 0.717) is 16.7 Å². The first-order valence-corrected chi connectivity index (χ1v) is 4.26. The monoisotopic (exact) mass is 203 g/mol. The number of hydrogen-bond donors (Lipinski definition) is 1. The Balaban J connectivity index is 2.68. The quantitative estimate of drug-likeness (QED) is 0.790. The summed E-state index contributed by atoms with van der Waals surface area (Å²) in [7, 11) is 0. The van der Waals surface area contributed by atoms with Gasteiger partial charge in [-0.05, 0) is 12.1 Å². The molecule has 1 aromatic carbocycles. The molecule has 0 aliphatic carbocycles. The fourth-order valence-electron chi connectivity index (χ4n) is 1.40. The minimum atomic E-state index is -0.585. The molecule has 0 aliphatic heterocycles. The van der Waals surface area contributed by atoms with E-state index in [2.05, 4.69) is 5.16 Å². The van der Waals surface area contributed by atoms with Crippen LogP contribution in [0.1, 0.15) is 16.1 Å². The Kier molecular flexibility index (Phi) is 2.21. The summed E-state index contributed by atoms with van der Waals surface area (Å²) in [6, 6.07) is 4.92. The molecule has 0 atom stereocenters. The lowest BCUT2D eigenvalue weighted by Gasteiger charge is -1.94. The Labute approximate surface area is 84.8 Å². The zero-order valence-corrected chi connectivity index (χ0v) is 7.69. The number of primary amides is 1. The first kappa shape index (κ1) is 9.39. The lowest BCUT2D eigenvalue weighted by molar-refractivity contribution is 0.100. The molecular weight excluding hydrogens is 196 g/mol. The van der Waals surface area contributed by atoms with Crippen LogP contribution >= 0.6 is 0 Å². The number of aromatic nitrogens is 1. The molecule has 1 heterocycles. The topological polar surface area (TPSA) is 86.2 Å². The molecule has 2 N–H and O–H groups in total. The Morgan fingerprint density at radius 2 is 2.33 bits per heavy atom. The van der Waals surface area contributed by atoms with E-state index in [4.69, 9.17) is 10.3 Å². The fourth-order valence-corrected chi connectivity index (χ4v) is 1.40. The summed E-state index contributed by atoms with van der Waals surface area (Å²) in [5.74, 6) is -0.585. The second kappa shape index (κ2) is 3.53. The van der Waals surface area contributed by atoms with E-state index in [1.807, 2.05) is 0 Å². The van der Waals surface area contributed by atoms with Crippen LogP contribution in [0.2, 0.25) is 0 Å². The van der Waals surface area contributed by atoms with Crippen molar-refractivity contribution in [1.29, 1.82) is 0 Å². The highest BCUT2D eigenvalue weighted by molar-refractivity contribution is 6.04. The Bertz CT molecular complexity index is 530. The molecule has 15 heavy (non-hydrogen) atoms. The standard InChI is InChI=1S/C10H7N2O3/c11-10(14)7-3-1-2-6-8(4-5-13)12-15-9(6)7/h1-3H,4H2,(H2,11,14). The van der Waals surface area contributed by atoms with Gasteiger partial charge in [0.05, 0.1) is 17.7 Å². The summed E-state index contributed by atoms with van der Waals surface area (Å²) >= 11 is 0. The molecule has 0 saturated carbocycles. The third-order valence-corrected chi connectivity index (χ3v) is 2.08. The maximum Gasteiger partial charge on any atom is 0.252 e. The van der Waals surface area contributed by atoms with E-state index >= 15 is 0 Å². The number of para-hydroxylation sites is 1. The fraction of sp³-hybridized carbons (Fsp3) is 0.100. The van der Waals surface area contributed by atoms with Gasteiger partial charge in [-0.3, -0.25) is 9.59 Å². The lowest BCUT2D eigenvalue weighted by Crippen LogP contribution is -2.10. The van der Waals surface area contributed by atoms with Crippen molar-refractivity contribution in [3.05, 3.63) is 29.5 Å². The summed E-state index contributed by atoms with van der Waals surface area (Å²) in [4.78, 5) is 21.3. The molecule has 0 unspecified atom stereocenters. The van der Waals surface area contributed by atoms with Crippen LogP contribution in [0.3, 0.4) is 0 Å². The number of carbonyl (C=O) groups is 1. The number of amides is 1. The van der Waals surface area contributed by atoms with Crippen molar-refractivity contribution in [1.82, 2.24) is 5.16 Å². The number of nitrogens with zero attached hydrogens (tertiary/aromatic N) is 1. The smallest absolute Gasteiger partial charge is 0.252 e. The number of fused-ring (bicyclic) bond motifs is 1. The average Bonchev–Trinajstić information content (AvgIpc) is 2.62. The molecule has 0 saturated heterocycles. The molecule has 0 bridgehead atoms. The summed E-state index contributed by atoms with van der Waals surface area (Å²) in [6.07, 6.45) is 1.76. The van der Waals surface area contributed by atoms with Crippen LogP contribution in [0.4, 0.5) is 0 Å².